The van der Waals surface area contributed by atoms with Gasteiger partial charge in [-0.3, -0.25) is 28.8 Å². The van der Waals surface area contributed by atoms with Crippen LogP contribution in [0.25, 0.3) is 0 Å². The third-order valence-electron chi connectivity index (χ3n) is 6.86. The van der Waals surface area contributed by atoms with E-state index < -0.39 is 97.4 Å². The predicted molar refractivity (Wildman–Crippen MR) is 166 cm³/mol. The fraction of sp³-hybridized carbons (Fsp3) is 0.581. The Morgan fingerprint density at radius 3 is 1.41 bits per heavy atom. The highest BCUT2D eigenvalue weighted by atomic mass is 16.4. The van der Waals surface area contributed by atoms with Gasteiger partial charge in [-0.05, 0) is 49.5 Å². The SMILES string of the molecule is CC(C)C[C@H](NC(=O)[C@H](CCC(=O)O)NC(=O)[C@H](CCC(=O)O)NC(=O)[C@H](CC(C)C)NC(=O)[C@H](N)Cc1ccccc1)C(=O)O. The summed E-state index contributed by atoms with van der Waals surface area (Å²) in [6.07, 6.45) is -1.50. The van der Waals surface area contributed by atoms with Gasteiger partial charge in [-0.2, -0.15) is 0 Å². The molecule has 0 radical (unpaired) electrons. The molecule has 0 spiro atoms. The lowest BCUT2D eigenvalue weighted by Gasteiger charge is -2.27. The quantitative estimate of drug-likeness (QED) is 0.0904. The van der Waals surface area contributed by atoms with E-state index in [-0.39, 0.29) is 31.1 Å². The van der Waals surface area contributed by atoms with Crippen LogP contribution in [0.15, 0.2) is 30.3 Å². The van der Waals surface area contributed by atoms with Crippen molar-refractivity contribution in [2.24, 2.45) is 17.6 Å². The van der Waals surface area contributed by atoms with E-state index in [9.17, 15) is 43.8 Å². The van der Waals surface area contributed by atoms with Crippen LogP contribution in [0, 0.1) is 11.8 Å². The van der Waals surface area contributed by atoms with Gasteiger partial charge in [0.15, 0.2) is 0 Å². The van der Waals surface area contributed by atoms with E-state index in [1.165, 1.54) is 0 Å². The molecule has 4 amide bonds. The first-order valence-electron chi connectivity index (χ1n) is 15.2. The maximum Gasteiger partial charge on any atom is 0.326 e. The number of carbonyl (C=O) groups excluding carboxylic acids is 4. The molecule has 0 heterocycles. The number of carboxylic acid groups (broad SMARTS) is 3. The topological polar surface area (TPSA) is 254 Å². The second kappa shape index (κ2) is 19.8. The Balaban J connectivity index is 3.17. The molecular weight excluding hydrogens is 602 g/mol. The molecule has 0 saturated carbocycles. The van der Waals surface area contributed by atoms with E-state index >= 15 is 0 Å². The van der Waals surface area contributed by atoms with Crippen LogP contribution in [0.4, 0.5) is 0 Å². The molecule has 9 N–H and O–H groups in total. The number of rotatable bonds is 21. The third kappa shape index (κ3) is 15.5. The van der Waals surface area contributed by atoms with Crippen molar-refractivity contribution >= 4 is 41.5 Å². The monoisotopic (exact) mass is 649 g/mol. The number of carbonyl (C=O) groups is 7. The van der Waals surface area contributed by atoms with Crippen molar-refractivity contribution in [1.29, 1.82) is 0 Å². The molecule has 5 atom stereocenters. The van der Waals surface area contributed by atoms with Crippen molar-refractivity contribution in [3.63, 3.8) is 0 Å². The van der Waals surface area contributed by atoms with E-state index in [4.69, 9.17) is 10.8 Å². The summed E-state index contributed by atoms with van der Waals surface area (Å²) in [6.45, 7) is 7.10. The molecule has 1 rings (SSSR count). The zero-order valence-electron chi connectivity index (χ0n) is 26.7. The van der Waals surface area contributed by atoms with Crippen molar-refractivity contribution in [2.45, 2.75) is 103 Å². The molecule has 15 heteroatoms. The largest absolute Gasteiger partial charge is 0.481 e. The Morgan fingerprint density at radius 2 is 1.00 bits per heavy atom. The van der Waals surface area contributed by atoms with Gasteiger partial charge >= 0.3 is 17.9 Å². The zero-order chi connectivity index (χ0) is 35.0. The van der Waals surface area contributed by atoms with Crippen molar-refractivity contribution in [1.82, 2.24) is 21.3 Å². The van der Waals surface area contributed by atoms with E-state index in [2.05, 4.69) is 21.3 Å². The predicted octanol–water partition coefficient (Wildman–Crippen LogP) is 0.402. The second-order valence-electron chi connectivity index (χ2n) is 12.0. The average Bonchev–Trinajstić information content (AvgIpc) is 2.95. The first-order chi connectivity index (χ1) is 21.5. The van der Waals surface area contributed by atoms with Crippen LogP contribution >= 0.6 is 0 Å². The Bertz CT molecular complexity index is 1210. The number of aliphatic carboxylic acids is 3. The molecular formula is C31H47N5O10. The summed E-state index contributed by atoms with van der Waals surface area (Å²) in [6, 6.07) is 2.54. The number of amides is 4. The fourth-order valence-corrected chi connectivity index (χ4v) is 4.53. The van der Waals surface area contributed by atoms with Crippen molar-refractivity contribution < 1.29 is 48.9 Å². The molecule has 0 aliphatic rings. The van der Waals surface area contributed by atoms with Crippen LogP contribution in [0.5, 0.6) is 0 Å². The summed E-state index contributed by atoms with van der Waals surface area (Å²) in [5.41, 5.74) is 6.89. The van der Waals surface area contributed by atoms with Crippen molar-refractivity contribution in [3.8, 4) is 0 Å². The molecule has 15 nitrogen and oxygen atoms in total. The van der Waals surface area contributed by atoms with E-state index in [1.807, 2.05) is 6.07 Å². The summed E-state index contributed by atoms with van der Waals surface area (Å²) in [5.74, 6) is -7.44. The summed E-state index contributed by atoms with van der Waals surface area (Å²) in [7, 11) is 0. The van der Waals surface area contributed by atoms with Gasteiger partial charge in [-0.25, -0.2) is 4.79 Å². The van der Waals surface area contributed by atoms with Gasteiger partial charge in [0.25, 0.3) is 0 Å². The fourth-order valence-electron chi connectivity index (χ4n) is 4.53. The number of hydrogen-bond acceptors (Lipinski definition) is 8. The maximum absolute atomic E-state index is 13.4. The van der Waals surface area contributed by atoms with Gasteiger partial charge in [0.05, 0.1) is 6.04 Å². The van der Waals surface area contributed by atoms with Crippen LogP contribution in [0.2, 0.25) is 0 Å². The van der Waals surface area contributed by atoms with Crippen LogP contribution in [-0.4, -0.2) is 87.1 Å². The summed E-state index contributed by atoms with van der Waals surface area (Å²) < 4.78 is 0. The van der Waals surface area contributed by atoms with Crippen LogP contribution < -0.4 is 27.0 Å². The molecule has 46 heavy (non-hydrogen) atoms. The molecule has 0 fully saturated rings. The van der Waals surface area contributed by atoms with Gasteiger partial charge in [0, 0.05) is 12.8 Å². The zero-order valence-corrected chi connectivity index (χ0v) is 26.7. The van der Waals surface area contributed by atoms with Gasteiger partial charge in [-0.1, -0.05) is 58.0 Å². The van der Waals surface area contributed by atoms with Gasteiger partial charge in [0.1, 0.15) is 24.2 Å². The summed E-state index contributed by atoms with van der Waals surface area (Å²) >= 11 is 0. The smallest absolute Gasteiger partial charge is 0.326 e. The summed E-state index contributed by atoms with van der Waals surface area (Å²) in [5, 5.41) is 37.6. The van der Waals surface area contributed by atoms with Crippen LogP contribution in [-0.2, 0) is 40.0 Å². The molecule has 256 valence electrons. The normalized spacial score (nSPS) is 14.3. The number of benzene rings is 1. The Hall–Kier alpha value is -4.53. The lowest BCUT2D eigenvalue weighted by molar-refractivity contribution is -0.143. The first kappa shape index (κ1) is 39.5. The van der Waals surface area contributed by atoms with Crippen LogP contribution in [0.3, 0.4) is 0 Å². The second-order valence-corrected chi connectivity index (χ2v) is 12.0. The Labute approximate surface area is 268 Å². The molecule has 0 unspecified atom stereocenters. The molecule has 0 aliphatic heterocycles. The van der Waals surface area contributed by atoms with E-state index in [1.54, 1.807) is 52.0 Å². The number of nitrogens with two attached hydrogens (primary N) is 1. The lowest BCUT2D eigenvalue weighted by Crippen LogP contribution is -2.58. The van der Waals surface area contributed by atoms with Gasteiger partial charge < -0.3 is 42.3 Å². The maximum atomic E-state index is 13.4. The van der Waals surface area contributed by atoms with Gasteiger partial charge in [0.2, 0.25) is 23.6 Å². The summed E-state index contributed by atoms with van der Waals surface area (Å²) in [4.78, 5) is 87.0. The standard InChI is InChI=1S/C31H47N5O10/c1-17(2)14-23(35-27(41)20(32)16-19-8-6-5-7-9-19)30(44)34-21(10-12-25(37)38)28(42)33-22(11-13-26(39)40)29(43)36-24(31(45)46)15-18(3)4/h5-9,17-18,20-24H,10-16,32H2,1-4H3,(H,33,42)(H,34,44)(H,35,41)(H,36,43)(H,37,38)(H,39,40)(H,45,46)/t20-,21+,22+,23+,24+/m1/s1. The Morgan fingerprint density at radius 1 is 0.609 bits per heavy atom. The molecule has 0 aliphatic carbocycles. The lowest BCUT2D eigenvalue weighted by atomic mass is 10.0. The highest BCUT2D eigenvalue weighted by Gasteiger charge is 2.32. The van der Waals surface area contributed by atoms with Crippen LogP contribution in [0.1, 0.15) is 71.8 Å². The number of carboxylic acids is 3. The average molecular weight is 650 g/mol. The minimum absolute atomic E-state index is 0.0654. The number of hydrogen-bond donors (Lipinski definition) is 8. The van der Waals surface area contributed by atoms with Gasteiger partial charge in [-0.15, -0.1) is 0 Å². The molecule has 0 aromatic heterocycles. The third-order valence-corrected chi connectivity index (χ3v) is 6.86. The van der Waals surface area contributed by atoms with Crippen molar-refractivity contribution in [2.75, 3.05) is 0 Å². The first-order valence-corrected chi connectivity index (χ1v) is 15.2. The van der Waals surface area contributed by atoms with E-state index in [0.29, 0.717) is 0 Å². The molecule has 1 aromatic carbocycles. The van der Waals surface area contributed by atoms with E-state index in [0.717, 1.165) is 5.56 Å². The Kier molecular flexibility index (Phi) is 17.0. The number of nitrogens with one attached hydrogen (secondary N) is 4. The highest BCUT2D eigenvalue weighted by Crippen LogP contribution is 2.10. The molecule has 1 aromatic rings. The highest BCUT2D eigenvalue weighted by molar-refractivity contribution is 5.95. The molecule has 0 saturated heterocycles. The molecule has 0 bridgehead atoms. The van der Waals surface area contributed by atoms with Crippen molar-refractivity contribution in [3.05, 3.63) is 35.9 Å². The minimum atomic E-state index is -1.51. The minimum Gasteiger partial charge on any atom is -0.481 e.